The van der Waals surface area contributed by atoms with Crippen LogP contribution < -0.4 is 5.32 Å². The van der Waals surface area contributed by atoms with Crippen LogP contribution in [0, 0.1) is 11.3 Å². The van der Waals surface area contributed by atoms with E-state index < -0.39 is 0 Å². The Hall–Kier alpha value is -0.0400. The van der Waals surface area contributed by atoms with Gasteiger partial charge < -0.3 is 5.32 Å². The minimum absolute atomic E-state index is 0.728. The Bertz CT molecular complexity index is 136. The molecular formula is C12H25N. The van der Waals surface area contributed by atoms with Gasteiger partial charge in [0.05, 0.1) is 0 Å². The summed E-state index contributed by atoms with van der Waals surface area (Å²) in [7, 11) is 0. The van der Waals surface area contributed by atoms with Crippen molar-refractivity contribution in [1.29, 1.82) is 0 Å². The van der Waals surface area contributed by atoms with Crippen LogP contribution in [0.5, 0.6) is 0 Å². The van der Waals surface area contributed by atoms with Crippen molar-refractivity contribution in [3.8, 4) is 0 Å². The van der Waals surface area contributed by atoms with Gasteiger partial charge in [0, 0.05) is 6.54 Å². The van der Waals surface area contributed by atoms with Crippen LogP contribution in [0.3, 0.4) is 0 Å². The number of hydrogen-bond donors (Lipinski definition) is 1. The molecule has 78 valence electrons. The van der Waals surface area contributed by atoms with Gasteiger partial charge in [-0.2, -0.15) is 0 Å². The van der Waals surface area contributed by atoms with Gasteiger partial charge in [-0.15, -0.1) is 0 Å². The predicted octanol–water partition coefficient (Wildman–Crippen LogP) is 3.20. The number of hydrogen-bond acceptors (Lipinski definition) is 1. The summed E-state index contributed by atoms with van der Waals surface area (Å²) in [5, 5.41) is 3.60. The van der Waals surface area contributed by atoms with Gasteiger partial charge in [0.25, 0.3) is 0 Å². The molecule has 0 amide bonds. The monoisotopic (exact) mass is 183 g/mol. The molecule has 1 saturated carbocycles. The molecule has 0 radical (unpaired) electrons. The highest BCUT2D eigenvalue weighted by Gasteiger charge is 2.40. The van der Waals surface area contributed by atoms with E-state index in [1.165, 1.54) is 45.2 Å². The second kappa shape index (κ2) is 4.99. The van der Waals surface area contributed by atoms with Crippen molar-refractivity contribution >= 4 is 0 Å². The molecule has 1 fully saturated rings. The standard InChI is InChI=1S/C12H25N/c1-4-6-12(7-8-12)10-13-9-5-11(2)3/h11,13H,4-10H2,1-3H3. The lowest BCUT2D eigenvalue weighted by Gasteiger charge is -2.15. The van der Waals surface area contributed by atoms with Crippen molar-refractivity contribution in [2.24, 2.45) is 11.3 Å². The molecule has 0 saturated heterocycles. The molecule has 1 nitrogen and oxygen atoms in total. The first-order valence-corrected chi connectivity index (χ1v) is 5.89. The molecular weight excluding hydrogens is 158 g/mol. The topological polar surface area (TPSA) is 12.0 Å². The third-order valence-electron chi connectivity index (χ3n) is 3.14. The summed E-state index contributed by atoms with van der Waals surface area (Å²) in [5.74, 6) is 0.842. The van der Waals surface area contributed by atoms with Crippen LogP contribution in [0.15, 0.2) is 0 Å². The molecule has 1 aliphatic carbocycles. The minimum atomic E-state index is 0.728. The maximum absolute atomic E-state index is 3.60. The first-order chi connectivity index (χ1) is 6.18. The summed E-state index contributed by atoms with van der Waals surface area (Å²) < 4.78 is 0. The Labute approximate surface area is 83.3 Å². The van der Waals surface area contributed by atoms with E-state index in [4.69, 9.17) is 0 Å². The molecule has 0 aromatic carbocycles. The van der Waals surface area contributed by atoms with E-state index in [1.54, 1.807) is 0 Å². The van der Waals surface area contributed by atoms with Gasteiger partial charge in [0.2, 0.25) is 0 Å². The van der Waals surface area contributed by atoms with Crippen LogP contribution in [0.2, 0.25) is 0 Å². The van der Waals surface area contributed by atoms with E-state index in [-0.39, 0.29) is 0 Å². The van der Waals surface area contributed by atoms with Crippen molar-refractivity contribution in [1.82, 2.24) is 5.32 Å². The Morgan fingerprint density at radius 3 is 2.46 bits per heavy atom. The van der Waals surface area contributed by atoms with Crippen molar-refractivity contribution in [2.45, 2.75) is 52.9 Å². The Morgan fingerprint density at radius 1 is 1.31 bits per heavy atom. The second-order valence-electron chi connectivity index (χ2n) is 5.11. The van der Waals surface area contributed by atoms with Gasteiger partial charge in [-0.1, -0.05) is 27.2 Å². The highest BCUT2D eigenvalue weighted by Crippen LogP contribution is 2.48. The van der Waals surface area contributed by atoms with Crippen LogP contribution in [-0.2, 0) is 0 Å². The lowest BCUT2D eigenvalue weighted by Crippen LogP contribution is -2.25. The molecule has 0 spiro atoms. The predicted molar refractivity (Wildman–Crippen MR) is 58.9 cm³/mol. The Morgan fingerprint density at radius 2 is 2.00 bits per heavy atom. The fourth-order valence-corrected chi connectivity index (χ4v) is 1.97. The molecule has 13 heavy (non-hydrogen) atoms. The molecule has 0 aromatic heterocycles. The summed E-state index contributed by atoms with van der Waals surface area (Å²) in [6, 6.07) is 0. The van der Waals surface area contributed by atoms with Crippen LogP contribution >= 0.6 is 0 Å². The zero-order chi connectivity index (χ0) is 9.73. The molecule has 0 unspecified atom stereocenters. The van der Waals surface area contributed by atoms with Crippen molar-refractivity contribution in [2.75, 3.05) is 13.1 Å². The zero-order valence-electron chi connectivity index (χ0n) is 9.53. The molecule has 1 rings (SSSR count). The van der Waals surface area contributed by atoms with E-state index in [0.29, 0.717) is 0 Å². The molecule has 0 atom stereocenters. The summed E-state index contributed by atoms with van der Waals surface area (Å²) in [6.07, 6.45) is 7.04. The van der Waals surface area contributed by atoms with Crippen LogP contribution in [0.25, 0.3) is 0 Å². The highest BCUT2D eigenvalue weighted by molar-refractivity contribution is 4.94. The summed E-state index contributed by atoms with van der Waals surface area (Å²) >= 11 is 0. The van der Waals surface area contributed by atoms with Crippen LogP contribution in [0.1, 0.15) is 52.9 Å². The van der Waals surface area contributed by atoms with Crippen molar-refractivity contribution in [3.05, 3.63) is 0 Å². The van der Waals surface area contributed by atoms with Gasteiger partial charge in [-0.3, -0.25) is 0 Å². The third-order valence-corrected chi connectivity index (χ3v) is 3.14. The summed E-state index contributed by atoms with van der Waals surface area (Å²) in [6.45, 7) is 9.37. The van der Waals surface area contributed by atoms with E-state index in [2.05, 4.69) is 26.1 Å². The number of nitrogens with one attached hydrogen (secondary N) is 1. The van der Waals surface area contributed by atoms with Gasteiger partial charge in [0.1, 0.15) is 0 Å². The van der Waals surface area contributed by atoms with E-state index in [0.717, 1.165) is 11.3 Å². The van der Waals surface area contributed by atoms with E-state index >= 15 is 0 Å². The lowest BCUT2D eigenvalue weighted by atomic mass is 10.0. The van der Waals surface area contributed by atoms with Gasteiger partial charge in [-0.05, 0) is 43.6 Å². The molecule has 0 aliphatic heterocycles. The fraction of sp³-hybridized carbons (Fsp3) is 1.00. The largest absolute Gasteiger partial charge is 0.316 e. The van der Waals surface area contributed by atoms with Crippen molar-refractivity contribution < 1.29 is 0 Å². The normalized spacial score (nSPS) is 19.4. The molecule has 1 heteroatoms. The van der Waals surface area contributed by atoms with E-state index in [9.17, 15) is 0 Å². The number of rotatable bonds is 7. The van der Waals surface area contributed by atoms with Gasteiger partial charge in [0.15, 0.2) is 0 Å². The summed E-state index contributed by atoms with van der Waals surface area (Å²) in [5.41, 5.74) is 0.728. The molecule has 0 bridgehead atoms. The molecule has 1 N–H and O–H groups in total. The third kappa shape index (κ3) is 4.12. The minimum Gasteiger partial charge on any atom is -0.316 e. The molecule has 0 heterocycles. The summed E-state index contributed by atoms with van der Waals surface area (Å²) in [4.78, 5) is 0. The highest BCUT2D eigenvalue weighted by atomic mass is 14.9. The maximum atomic E-state index is 3.60. The Balaban J connectivity index is 1.99. The van der Waals surface area contributed by atoms with Crippen LogP contribution in [0.4, 0.5) is 0 Å². The van der Waals surface area contributed by atoms with Gasteiger partial charge >= 0.3 is 0 Å². The second-order valence-corrected chi connectivity index (χ2v) is 5.11. The fourth-order valence-electron chi connectivity index (χ4n) is 1.97. The quantitative estimate of drug-likeness (QED) is 0.598. The molecule has 0 aromatic rings. The van der Waals surface area contributed by atoms with Gasteiger partial charge in [-0.25, -0.2) is 0 Å². The van der Waals surface area contributed by atoms with Crippen molar-refractivity contribution in [3.63, 3.8) is 0 Å². The SMILES string of the molecule is CCCC1(CNCCC(C)C)CC1. The lowest BCUT2D eigenvalue weighted by molar-refractivity contribution is 0.410. The van der Waals surface area contributed by atoms with E-state index in [1.807, 2.05) is 0 Å². The van der Waals surface area contributed by atoms with Crippen LogP contribution in [-0.4, -0.2) is 13.1 Å². The smallest absolute Gasteiger partial charge is 0.000781 e. The molecule has 1 aliphatic rings. The zero-order valence-corrected chi connectivity index (χ0v) is 9.53. The average Bonchev–Trinajstić information content (AvgIpc) is 2.80. The average molecular weight is 183 g/mol. The first-order valence-electron chi connectivity index (χ1n) is 5.89. The first kappa shape index (κ1) is 11.0. The maximum Gasteiger partial charge on any atom is 0.000781 e. The Kier molecular flexibility index (Phi) is 4.24.